The third-order valence-electron chi connectivity index (χ3n) is 2.44. The average molecular weight is 218 g/mol. The molecule has 1 N–H and O–H groups in total. The molecule has 2 rings (SSSR count). The summed E-state index contributed by atoms with van der Waals surface area (Å²) in [5.74, 6) is 1.44. The van der Waals surface area contributed by atoms with Crippen LogP contribution in [-0.2, 0) is 0 Å². The molecule has 16 heavy (non-hydrogen) atoms. The summed E-state index contributed by atoms with van der Waals surface area (Å²) in [7, 11) is 1.60. The van der Waals surface area contributed by atoms with Crippen molar-refractivity contribution in [2.24, 2.45) is 0 Å². The first kappa shape index (κ1) is 10.6. The molecule has 0 saturated carbocycles. The van der Waals surface area contributed by atoms with Gasteiger partial charge in [0.15, 0.2) is 11.5 Å². The first-order chi connectivity index (χ1) is 7.77. The van der Waals surface area contributed by atoms with Crippen LogP contribution in [0.5, 0.6) is 17.2 Å². The maximum absolute atomic E-state index is 9.86. The van der Waals surface area contributed by atoms with E-state index in [2.05, 4.69) is 0 Å². The normalized spacial score (nSPS) is 10.4. The molecule has 0 heterocycles. The summed E-state index contributed by atoms with van der Waals surface area (Å²) in [5, 5.41) is 11.5. The van der Waals surface area contributed by atoms with Crippen molar-refractivity contribution in [1.82, 2.24) is 0 Å². The van der Waals surface area contributed by atoms with Crippen molar-refractivity contribution in [2.75, 3.05) is 13.7 Å². The molecule has 0 aliphatic carbocycles. The third kappa shape index (κ3) is 1.65. The van der Waals surface area contributed by atoms with Gasteiger partial charge in [0.2, 0.25) is 0 Å². The highest BCUT2D eigenvalue weighted by atomic mass is 16.5. The third-order valence-corrected chi connectivity index (χ3v) is 2.44. The zero-order valence-corrected chi connectivity index (χ0v) is 9.36. The Morgan fingerprint density at radius 2 is 1.88 bits per heavy atom. The van der Waals surface area contributed by atoms with E-state index in [0.29, 0.717) is 18.1 Å². The van der Waals surface area contributed by atoms with Gasteiger partial charge in [-0.25, -0.2) is 0 Å². The van der Waals surface area contributed by atoms with Gasteiger partial charge in [-0.2, -0.15) is 0 Å². The van der Waals surface area contributed by atoms with E-state index >= 15 is 0 Å². The zero-order chi connectivity index (χ0) is 11.5. The largest absolute Gasteiger partial charge is 0.507 e. The van der Waals surface area contributed by atoms with Gasteiger partial charge in [-0.3, -0.25) is 0 Å². The van der Waals surface area contributed by atoms with Gasteiger partial charge < -0.3 is 14.6 Å². The Balaban J connectivity index is 2.74. The molecule has 2 aromatic carbocycles. The van der Waals surface area contributed by atoms with E-state index in [4.69, 9.17) is 9.47 Å². The van der Waals surface area contributed by atoms with Crippen LogP contribution in [0.2, 0.25) is 0 Å². The predicted molar refractivity (Wildman–Crippen MR) is 63.3 cm³/mol. The molecule has 0 fully saturated rings. The first-order valence-electron chi connectivity index (χ1n) is 5.19. The highest BCUT2D eigenvalue weighted by molar-refractivity contribution is 5.95. The second-order valence-corrected chi connectivity index (χ2v) is 3.41. The molecule has 2 aromatic rings. The van der Waals surface area contributed by atoms with Crippen LogP contribution < -0.4 is 9.47 Å². The van der Waals surface area contributed by atoms with Crippen molar-refractivity contribution in [3.05, 3.63) is 30.3 Å². The Bertz CT molecular complexity index is 506. The van der Waals surface area contributed by atoms with E-state index in [1.807, 2.05) is 31.2 Å². The van der Waals surface area contributed by atoms with E-state index in [0.717, 1.165) is 10.8 Å². The molecular weight excluding hydrogens is 204 g/mol. The molecule has 0 bridgehead atoms. The standard InChI is InChI=1S/C13H14O3/c1-3-16-12-8-11(14)9-6-4-5-7-10(9)13(12)15-2/h4-8,14H,3H2,1-2H3. The predicted octanol–water partition coefficient (Wildman–Crippen LogP) is 2.95. The molecule has 0 radical (unpaired) electrons. The van der Waals surface area contributed by atoms with Crippen molar-refractivity contribution in [3.8, 4) is 17.2 Å². The SMILES string of the molecule is CCOc1cc(O)c2ccccc2c1OC. The second-order valence-electron chi connectivity index (χ2n) is 3.41. The Labute approximate surface area is 94.2 Å². The molecule has 0 aliphatic rings. The summed E-state index contributed by atoms with van der Waals surface area (Å²) in [6.07, 6.45) is 0. The number of phenols is 1. The Morgan fingerprint density at radius 1 is 1.19 bits per heavy atom. The fraction of sp³-hybridized carbons (Fsp3) is 0.231. The van der Waals surface area contributed by atoms with E-state index in [1.54, 1.807) is 13.2 Å². The van der Waals surface area contributed by atoms with Gasteiger partial charge in [-0.1, -0.05) is 24.3 Å². The van der Waals surface area contributed by atoms with Gasteiger partial charge in [-0.05, 0) is 6.92 Å². The molecule has 0 unspecified atom stereocenters. The Morgan fingerprint density at radius 3 is 2.50 bits per heavy atom. The minimum absolute atomic E-state index is 0.208. The number of methoxy groups -OCH3 is 1. The Hall–Kier alpha value is -1.90. The smallest absolute Gasteiger partial charge is 0.168 e. The van der Waals surface area contributed by atoms with Crippen LogP contribution in [0, 0.1) is 0 Å². The van der Waals surface area contributed by atoms with Crippen molar-refractivity contribution < 1.29 is 14.6 Å². The van der Waals surface area contributed by atoms with E-state index in [-0.39, 0.29) is 5.75 Å². The van der Waals surface area contributed by atoms with Crippen LogP contribution in [0.15, 0.2) is 30.3 Å². The summed E-state index contributed by atoms with van der Waals surface area (Å²) in [5.41, 5.74) is 0. The van der Waals surface area contributed by atoms with Crippen molar-refractivity contribution >= 4 is 10.8 Å². The van der Waals surface area contributed by atoms with Gasteiger partial charge in [0, 0.05) is 16.8 Å². The minimum Gasteiger partial charge on any atom is -0.507 e. The fourth-order valence-corrected chi connectivity index (χ4v) is 1.78. The number of phenolic OH excluding ortho intramolecular Hbond substituents is 1. The molecule has 3 heteroatoms. The first-order valence-corrected chi connectivity index (χ1v) is 5.19. The Kier molecular flexibility index (Phi) is 2.86. The lowest BCUT2D eigenvalue weighted by molar-refractivity contribution is 0.311. The summed E-state index contributed by atoms with van der Waals surface area (Å²) in [6, 6.07) is 9.12. The number of ether oxygens (including phenoxy) is 2. The van der Waals surface area contributed by atoms with Crippen molar-refractivity contribution in [3.63, 3.8) is 0 Å². The number of benzene rings is 2. The van der Waals surface area contributed by atoms with Gasteiger partial charge in [0.25, 0.3) is 0 Å². The number of hydrogen-bond acceptors (Lipinski definition) is 3. The van der Waals surface area contributed by atoms with Gasteiger partial charge in [-0.15, -0.1) is 0 Å². The number of rotatable bonds is 3. The van der Waals surface area contributed by atoms with E-state index in [1.165, 1.54) is 0 Å². The maximum atomic E-state index is 9.86. The van der Waals surface area contributed by atoms with Crippen LogP contribution in [0.3, 0.4) is 0 Å². The van der Waals surface area contributed by atoms with E-state index in [9.17, 15) is 5.11 Å². The summed E-state index contributed by atoms with van der Waals surface area (Å²) >= 11 is 0. The molecule has 0 amide bonds. The summed E-state index contributed by atoms with van der Waals surface area (Å²) in [6.45, 7) is 2.43. The molecule has 0 saturated heterocycles. The van der Waals surface area contributed by atoms with Crippen molar-refractivity contribution in [1.29, 1.82) is 0 Å². The highest BCUT2D eigenvalue weighted by Gasteiger charge is 2.12. The number of hydrogen-bond donors (Lipinski definition) is 1. The molecule has 0 atom stereocenters. The molecule has 3 nitrogen and oxygen atoms in total. The van der Waals surface area contributed by atoms with Crippen LogP contribution in [0.25, 0.3) is 10.8 Å². The maximum Gasteiger partial charge on any atom is 0.168 e. The summed E-state index contributed by atoms with van der Waals surface area (Å²) in [4.78, 5) is 0. The molecule has 0 aromatic heterocycles. The number of aromatic hydroxyl groups is 1. The lowest BCUT2D eigenvalue weighted by atomic mass is 10.1. The quantitative estimate of drug-likeness (QED) is 0.860. The average Bonchev–Trinajstić information content (AvgIpc) is 2.30. The summed E-state index contributed by atoms with van der Waals surface area (Å²) < 4.78 is 10.8. The number of fused-ring (bicyclic) bond motifs is 1. The molecule has 0 spiro atoms. The topological polar surface area (TPSA) is 38.7 Å². The van der Waals surface area contributed by atoms with Crippen LogP contribution in [-0.4, -0.2) is 18.8 Å². The van der Waals surface area contributed by atoms with E-state index < -0.39 is 0 Å². The zero-order valence-electron chi connectivity index (χ0n) is 9.36. The molecule has 0 aliphatic heterocycles. The van der Waals surface area contributed by atoms with Crippen LogP contribution in [0.4, 0.5) is 0 Å². The second kappa shape index (κ2) is 4.31. The minimum atomic E-state index is 0.208. The lowest BCUT2D eigenvalue weighted by Crippen LogP contribution is -1.96. The van der Waals surface area contributed by atoms with Gasteiger partial charge in [0.05, 0.1) is 13.7 Å². The van der Waals surface area contributed by atoms with Crippen molar-refractivity contribution in [2.45, 2.75) is 6.92 Å². The molecule has 84 valence electrons. The molecular formula is C13H14O3. The van der Waals surface area contributed by atoms with Crippen LogP contribution in [0.1, 0.15) is 6.92 Å². The van der Waals surface area contributed by atoms with Gasteiger partial charge >= 0.3 is 0 Å². The monoisotopic (exact) mass is 218 g/mol. The highest BCUT2D eigenvalue weighted by Crippen LogP contribution is 2.40. The van der Waals surface area contributed by atoms with Gasteiger partial charge in [0.1, 0.15) is 5.75 Å². The fourth-order valence-electron chi connectivity index (χ4n) is 1.78. The van der Waals surface area contributed by atoms with Crippen LogP contribution >= 0.6 is 0 Å². The lowest BCUT2D eigenvalue weighted by Gasteiger charge is -2.13.